The smallest absolute Gasteiger partial charge is 0.0361 e. The average Bonchev–Trinajstić information content (AvgIpc) is 2.38. The highest BCUT2D eigenvalue weighted by Gasteiger charge is 2.07. The molecule has 1 aromatic carbocycles. The van der Waals surface area contributed by atoms with Crippen LogP contribution >= 0.6 is 0 Å². The van der Waals surface area contributed by atoms with Crippen molar-refractivity contribution in [3.8, 4) is 0 Å². The normalized spacial score (nSPS) is 13.1. The van der Waals surface area contributed by atoms with Gasteiger partial charge in [0.05, 0.1) is 0 Å². The lowest BCUT2D eigenvalue weighted by atomic mass is 10.1. The summed E-state index contributed by atoms with van der Waals surface area (Å²) in [5, 5.41) is 3.58. The highest BCUT2D eigenvalue weighted by atomic mass is 15.1. The molecule has 0 aromatic heterocycles. The Kier molecular flexibility index (Phi) is 6.32. The van der Waals surface area contributed by atoms with Crippen molar-refractivity contribution < 1.29 is 0 Å². The van der Waals surface area contributed by atoms with Gasteiger partial charge in [-0.25, -0.2) is 0 Å². The van der Waals surface area contributed by atoms with Crippen LogP contribution in [-0.4, -0.2) is 45.2 Å². The third kappa shape index (κ3) is 5.21. The van der Waals surface area contributed by atoms with Gasteiger partial charge >= 0.3 is 0 Å². The fourth-order valence-corrected chi connectivity index (χ4v) is 1.89. The van der Waals surface area contributed by atoms with Gasteiger partial charge in [-0.05, 0) is 45.5 Å². The summed E-state index contributed by atoms with van der Waals surface area (Å²) in [6.07, 6.45) is 0. The molecule has 0 saturated heterocycles. The van der Waals surface area contributed by atoms with Crippen molar-refractivity contribution in [1.29, 1.82) is 0 Å². The molecule has 108 valence electrons. The lowest BCUT2D eigenvalue weighted by Crippen LogP contribution is -2.34. The SMILES string of the molecule is CC(NCCN(C)C(C)C)c1ccc(N(C)C)cc1. The van der Waals surface area contributed by atoms with Crippen molar-refractivity contribution in [3.05, 3.63) is 29.8 Å². The van der Waals surface area contributed by atoms with Crippen LogP contribution in [-0.2, 0) is 0 Å². The first-order valence-electron chi connectivity index (χ1n) is 7.12. The first-order chi connectivity index (χ1) is 8.91. The molecule has 0 radical (unpaired) electrons. The van der Waals surface area contributed by atoms with Crippen molar-refractivity contribution in [2.45, 2.75) is 32.9 Å². The standard InChI is InChI=1S/C16H29N3/c1-13(2)19(6)12-11-17-14(3)15-7-9-16(10-8-15)18(4)5/h7-10,13-14,17H,11-12H2,1-6H3. The topological polar surface area (TPSA) is 18.5 Å². The molecule has 0 aliphatic rings. The Labute approximate surface area is 118 Å². The van der Waals surface area contributed by atoms with Crippen LogP contribution in [0.2, 0.25) is 0 Å². The first kappa shape index (κ1) is 16.0. The highest BCUT2D eigenvalue weighted by molar-refractivity contribution is 5.46. The van der Waals surface area contributed by atoms with Crippen LogP contribution in [0.5, 0.6) is 0 Å². The summed E-state index contributed by atoms with van der Waals surface area (Å²) in [6.45, 7) is 8.77. The molecule has 1 aromatic rings. The number of hydrogen-bond acceptors (Lipinski definition) is 3. The van der Waals surface area contributed by atoms with E-state index in [1.807, 2.05) is 0 Å². The molecule has 1 N–H and O–H groups in total. The number of nitrogens with one attached hydrogen (secondary N) is 1. The van der Waals surface area contributed by atoms with E-state index in [9.17, 15) is 0 Å². The van der Waals surface area contributed by atoms with Crippen molar-refractivity contribution in [3.63, 3.8) is 0 Å². The molecule has 0 heterocycles. The Bertz CT molecular complexity index is 357. The molecule has 1 unspecified atom stereocenters. The minimum Gasteiger partial charge on any atom is -0.378 e. The minimum atomic E-state index is 0.400. The molecule has 0 spiro atoms. The molecular weight excluding hydrogens is 234 g/mol. The van der Waals surface area contributed by atoms with Gasteiger partial charge < -0.3 is 15.1 Å². The summed E-state index contributed by atoms with van der Waals surface area (Å²) >= 11 is 0. The predicted molar refractivity (Wildman–Crippen MR) is 85.0 cm³/mol. The van der Waals surface area contributed by atoms with Crippen LogP contribution in [0.25, 0.3) is 0 Å². The second kappa shape index (κ2) is 7.51. The summed E-state index contributed by atoms with van der Waals surface area (Å²) < 4.78 is 0. The Morgan fingerprint density at radius 2 is 1.58 bits per heavy atom. The number of benzene rings is 1. The Hall–Kier alpha value is -1.06. The zero-order valence-electron chi connectivity index (χ0n) is 13.3. The Morgan fingerprint density at radius 3 is 2.05 bits per heavy atom. The molecule has 3 heteroatoms. The van der Waals surface area contributed by atoms with Gasteiger partial charge in [0.15, 0.2) is 0 Å². The number of nitrogens with zero attached hydrogens (tertiary/aromatic N) is 2. The lowest BCUT2D eigenvalue weighted by molar-refractivity contribution is 0.270. The number of likely N-dealkylation sites (N-methyl/N-ethyl adjacent to an activating group) is 1. The van der Waals surface area contributed by atoms with Crippen LogP contribution < -0.4 is 10.2 Å². The van der Waals surface area contributed by atoms with Gasteiger partial charge in [-0.15, -0.1) is 0 Å². The molecule has 0 aliphatic carbocycles. The van der Waals surface area contributed by atoms with E-state index < -0.39 is 0 Å². The van der Waals surface area contributed by atoms with Crippen molar-refractivity contribution in [2.24, 2.45) is 0 Å². The van der Waals surface area contributed by atoms with Gasteiger partial charge in [0.2, 0.25) is 0 Å². The lowest BCUT2D eigenvalue weighted by Gasteiger charge is -2.23. The molecule has 1 rings (SSSR count). The molecule has 0 fully saturated rings. The van der Waals surface area contributed by atoms with Gasteiger partial charge in [0.25, 0.3) is 0 Å². The number of anilines is 1. The maximum absolute atomic E-state index is 3.58. The van der Waals surface area contributed by atoms with E-state index in [0.29, 0.717) is 12.1 Å². The third-order valence-electron chi connectivity index (χ3n) is 3.71. The quantitative estimate of drug-likeness (QED) is 0.816. The van der Waals surface area contributed by atoms with E-state index in [4.69, 9.17) is 0 Å². The van der Waals surface area contributed by atoms with Crippen LogP contribution in [0.3, 0.4) is 0 Å². The second-order valence-electron chi connectivity index (χ2n) is 5.74. The molecule has 19 heavy (non-hydrogen) atoms. The summed E-state index contributed by atoms with van der Waals surface area (Å²) in [6, 6.07) is 9.77. The summed E-state index contributed by atoms with van der Waals surface area (Å²) in [5.74, 6) is 0. The van der Waals surface area contributed by atoms with Crippen LogP contribution in [0.15, 0.2) is 24.3 Å². The number of hydrogen-bond donors (Lipinski definition) is 1. The van der Waals surface area contributed by atoms with Gasteiger partial charge in [-0.3, -0.25) is 0 Å². The van der Waals surface area contributed by atoms with Crippen LogP contribution in [0.1, 0.15) is 32.4 Å². The van der Waals surface area contributed by atoms with Crippen LogP contribution in [0, 0.1) is 0 Å². The van der Waals surface area contributed by atoms with Gasteiger partial charge in [-0.2, -0.15) is 0 Å². The van der Waals surface area contributed by atoms with Crippen molar-refractivity contribution in [2.75, 3.05) is 39.1 Å². The minimum absolute atomic E-state index is 0.400. The maximum Gasteiger partial charge on any atom is 0.0361 e. The second-order valence-corrected chi connectivity index (χ2v) is 5.74. The highest BCUT2D eigenvalue weighted by Crippen LogP contribution is 2.17. The predicted octanol–water partition coefficient (Wildman–Crippen LogP) is 2.74. The first-order valence-corrected chi connectivity index (χ1v) is 7.12. The molecule has 0 amide bonds. The fourth-order valence-electron chi connectivity index (χ4n) is 1.89. The largest absolute Gasteiger partial charge is 0.378 e. The van der Waals surface area contributed by atoms with Crippen molar-refractivity contribution in [1.82, 2.24) is 10.2 Å². The van der Waals surface area contributed by atoms with E-state index in [-0.39, 0.29) is 0 Å². The van der Waals surface area contributed by atoms with Gasteiger partial charge in [0.1, 0.15) is 0 Å². The zero-order chi connectivity index (χ0) is 14.4. The van der Waals surface area contributed by atoms with Gasteiger partial charge in [0, 0.05) is 45.0 Å². The Balaban J connectivity index is 2.43. The van der Waals surface area contributed by atoms with Crippen molar-refractivity contribution >= 4 is 5.69 Å². The molecule has 0 bridgehead atoms. The van der Waals surface area contributed by atoms with E-state index in [2.05, 4.69) is 81.3 Å². The zero-order valence-corrected chi connectivity index (χ0v) is 13.3. The monoisotopic (exact) mass is 263 g/mol. The van der Waals surface area contributed by atoms with E-state index in [0.717, 1.165) is 13.1 Å². The summed E-state index contributed by atoms with van der Waals surface area (Å²) in [5.41, 5.74) is 2.59. The summed E-state index contributed by atoms with van der Waals surface area (Å²) in [4.78, 5) is 4.48. The summed E-state index contributed by atoms with van der Waals surface area (Å²) in [7, 11) is 6.31. The molecule has 0 aliphatic heterocycles. The molecule has 0 saturated carbocycles. The average molecular weight is 263 g/mol. The van der Waals surface area contributed by atoms with Gasteiger partial charge in [-0.1, -0.05) is 12.1 Å². The van der Waals surface area contributed by atoms with Crippen LogP contribution in [0.4, 0.5) is 5.69 Å². The third-order valence-corrected chi connectivity index (χ3v) is 3.71. The maximum atomic E-state index is 3.58. The Morgan fingerprint density at radius 1 is 1.00 bits per heavy atom. The van der Waals surface area contributed by atoms with E-state index in [1.165, 1.54) is 11.3 Å². The number of rotatable bonds is 7. The molecule has 3 nitrogen and oxygen atoms in total. The molecule has 1 atom stereocenters. The van der Waals surface area contributed by atoms with E-state index in [1.54, 1.807) is 0 Å². The van der Waals surface area contributed by atoms with E-state index >= 15 is 0 Å². The fraction of sp³-hybridized carbons (Fsp3) is 0.625. The molecular formula is C16H29N3.